The number of furan rings is 1. The van der Waals surface area contributed by atoms with Crippen LogP contribution in [0, 0.1) is 0 Å². The quantitative estimate of drug-likeness (QED) is 0.141. The van der Waals surface area contributed by atoms with E-state index in [4.69, 9.17) is 27.7 Å². The average Bonchev–Trinajstić information content (AvgIpc) is 3.80. The third kappa shape index (κ3) is 4.03. The molecule has 10 rings (SSSR count). The second-order valence-electron chi connectivity index (χ2n) is 10.3. The van der Waals surface area contributed by atoms with Crippen LogP contribution in [-0.2, 0) is 0 Å². The van der Waals surface area contributed by atoms with Crippen LogP contribution in [0.15, 0.2) is 174 Å². The van der Waals surface area contributed by atoms with Crippen LogP contribution in [0.3, 0.4) is 0 Å². The van der Waals surface area contributed by atoms with Crippen LogP contribution >= 0.6 is 0 Å². The maximum Gasteiger partial charge on any atom is 0.136 e. The van der Waals surface area contributed by atoms with Crippen molar-refractivity contribution in [2.75, 3.05) is 0 Å². The van der Waals surface area contributed by atoms with Crippen molar-refractivity contribution in [3.8, 4) is 33.4 Å². The maximum absolute atomic E-state index is 9.82. The van der Waals surface area contributed by atoms with Crippen LogP contribution in [0.2, 0.25) is 0 Å². The number of hydrogen-bond acceptors (Lipinski definition) is 1. The summed E-state index contributed by atoms with van der Waals surface area (Å²) in [4.78, 5) is 0. The largest absolute Gasteiger partial charge is 0.456 e. The van der Waals surface area contributed by atoms with Gasteiger partial charge in [-0.1, -0.05) is 139 Å². The summed E-state index contributed by atoms with van der Waals surface area (Å²) in [6.45, 7) is 0. The fraction of sp³-hybridized carbons (Fsp3) is 0. The minimum atomic E-state index is -0.983. The molecule has 0 amide bonds. The minimum absolute atomic E-state index is 0.440. The summed E-state index contributed by atoms with van der Waals surface area (Å²) in [6, 6.07) is -24.9. The lowest BCUT2D eigenvalue weighted by atomic mass is 9.86. The molecule has 1 heterocycles. The molecule has 10 aromatic rings. The molecule has 1 heteroatoms. The van der Waals surface area contributed by atoms with E-state index in [2.05, 4.69) is 0 Å². The summed E-state index contributed by atoms with van der Waals surface area (Å²) in [7, 11) is 0. The zero-order valence-corrected chi connectivity index (χ0v) is 23.4. The van der Waals surface area contributed by atoms with Crippen LogP contribution in [-0.4, -0.2) is 0 Å². The standard InChI is InChI=1S/C46H28O/c1-2-11-30(12-3-1)45-38-14-6-8-16-40(38)46(41-17-9-7-15-39(41)45)34-22-25-43-42(27-34)37-24-21-32(28-44(37)47-43)31-20-23-36-33(26-31)19-18-29-10-4-5-13-35(29)36/h1-28H/i1D,2D,3D,4D,5D,6D,7D,8D,9D,10D,11D,12D,13D,14D,15D,16D,17D,18D,19D,20D,21D,22D,23D,24D,25D,26D,27D,28D. The molecule has 0 unspecified atom stereocenters. The molecule has 1 nitrogen and oxygen atoms in total. The van der Waals surface area contributed by atoms with Gasteiger partial charge in [-0.05, 0) is 107 Å². The van der Waals surface area contributed by atoms with Crippen molar-refractivity contribution < 1.29 is 42.8 Å². The average molecular weight is 625 g/mol. The highest BCUT2D eigenvalue weighted by Crippen LogP contribution is 2.45. The first-order chi connectivity index (χ1) is 35.0. The summed E-state index contributed by atoms with van der Waals surface area (Å²) < 4.78 is 257. The van der Waals surface area contributed by atoms with Gasteiger partial charge in [0.15, 0.2) is 0 Å². The Morgan fingerprint density at radius 3 is 1.55 bits per heavy atom. The predicted octanol–water partition coefficient (Wildman–Crippen LogP) is 13.2. The van der Waals surface area contributed by atoms with Gasteiger partial charge in [-0.3, -0.25) is 0 Å². The molecule has 0 radical (unpaired) electrons. The van der Waals surface area contributed by atoms with E-state index in [0.29, 0.717) is 0 Å². The van der Waals surface area contributed by atoms with Crippen molar-refractivity contribution in [1.82, 2.24) is 0 Å². The van der Waals surface area contributed by atoms with E-state index >= 15 is 0 Å². The van der Waals surface area contributed by atoms with Crippen LogP contribution < -0.4 is 0 Å². The monoisotopic (exact) mass is 624 g/mol. The smallest absolute Gasteiger partial charge is 0.136 e. The highest BCUT2D eigenvalue weighted by atomic mass is 16.3. The number of hydrogen-bond donors (Lipinski definition) is 0. The summed E-state index contributed by atoms with van der Waals surface area (Å²) in [6.07, 6.45) is 0. The molecule has 47 heavy (non-hydrogen) atoms. The van der Waals surface area contributed by atoms with Gasteiger partial charge in [0.2, 0.25) is 0 Å². The van der Waals surface area contributed by atoms with Crippen LogP contribution in [0.1, 0.15) is 38.4 Å². The Hall–Kier alpha value is -6.18. The molecule has 0 bridgehead atoms. The van der Waals surface area contributed by atoms with Gasteiger partial charge in [0.05, 0.1) is 38.4 Å². The van der Waals surface area contributed by atoms with E-state index in [-0.39, 0.29) is 0 Å². The van der Waals surface area contributed by atoms with Crippen molar-refractivity contribution in [3.63, 3.8) is 0 Å². The van der Waals surface area contributed by atoms with Crippen molar-refractivity contribution >= 4 is 65.0 Å². The summed E-state index contributed by atoms with van der Waals surface area (Å²) in [5.74, 6) is 0. The Morgan fingerprint density at radius 1 is 0.298 bits per heavy atom. The molecule has 9 aromatic carbocycles. The van der Waals surface area contributed by atoms with Crippen LogP contribution in [0.25, 0.3) is 98.4 Å². The molecule has 0 atom stereocenters. The first-order valence-corrected chi connectivity index (χ1v) is 13.9. The Bertz CT molecular complexity index is 4330. The molecular weight excluding hydrogens is 569 g/mol. The SMILES string of the molecule is [2H]c1c([2H])c([2H])c(-c2c3c([2H])c([2H])c([2H])c([2H])c3c(-c3c([2H])c([2H])c4oc5c([2H])c(-c6c([2H])c([2H])c7c(c6[2H])c([2H])c([2H])c6c([2H])c([2H])c([2H])c([2H])c67)c([2H])c([2H])c5c4c3[2H])c3c([2H])c([2H])c([2H])c([2H])c23)c([2H])c1[2H]. The second kappa shape index (κ2) is 10.2. The Morgan fingerprint density at radius 2 is 0.830 bits per heavy atom. The van der Waals surface area contributed by atoms with Crippen LogP contribution in [0.4, 0.5) is 0 Å². The van der Waals surface area contributed by atoms with Gasteiger partial charge >= 0.3 is 0 Å². The third-order valence-corrected chi connectivity index (χ3v) is 7.70. The molecule has 0 aliphatic heterocycles. The molecule has 0 aliphatic rings. The number of rotatable bonds is 3. The molecule has 0 fully saturated rings. The van der Waals surface area contributed by atoms with Gasteiger partial charge in [0, 0.05) is 10.8 Å². The zero-order chi connectivity index (χ0) is 55.3. The number of fused-ring (bicyclic) bond motifs is 8. The summed E-state index contributed by atoms with van der Waals surface area (Å²) >= 11 is 0. The van der Waals surface area contributed by atoms with E-state index < -0.39 is 268 Å². The molecular formula is C46H28O. The van der Waals surface area contributed by atoms with E-state index in [1.54, 1.807) is 0 Å². The molecule has 1 aromatic heterocycles. The van der Waals surface area contributed by atoms with Gasteiger partial charge in [0.1, 0.15) is 11.2 Å². The summed E-state index contributed by atoms with van der Waals surface area (Å²) in [5, 5.41) is -5.83. The van der Waals surface area contributed by atoms with Crippen molar-refractivity contribution in [2.45, 2.75) is 0 Å². The Kier molecular flexibility index (Phi) is 2.31. The second-order valence-corrected chi connectivity index (χ2v) is 10.3. The van der Waals surface area contributed by atoms with Gasteiger partial charge in [0.25, 0.3) is 0 Å². The van der Waals surface area contributed by atoms with Gasteiger partial charge < -0.3 is 4.42 Å². The molecule has 0 spiro atoms. The lowest BCUT2D eigenvalue weighted by molar-refractivity contribution is 0.669. The van der Waals surface area contributed by atoms with Gasteiger partial charge in [-0.2, -0.15) is 0 Å². The third-order valence-electron chi connectivity index (χ3n) is 7.70. The molecule has 0 saturated heterocycles. The van der Waals surface area contributed by atoms with Crippen molar-refractivity contribution in [3.05, 3.63) is 169 Å². The predicted molar refractivity (Wildman–Crippen MR) is 200 cm³/mol. The van der Waals surface area contributed by atoms with Crippen LogP contribution in [0.5, 0.6) is 0 Å². The normalized spacial score (nSPS) is 20.2. The molecule has 0 aliphatic carbocycles. The van der Waals surface area contributed by atoms with E-state index in [9.17, 15) is 15.1 Å². The van der Waals surface area contributed by atoms with Gasteiger partial charge in [-0.15, -0.1) is 0 Å². The maximum atomic E-state index is 9.82. The fourth-order valence-electron chi connectivity index (χ4n) is 5.67. The first-order valence-electron chi connectivity index (χ1n) is 27.9. The number of benzene rings is 9. The van der Waals surface area contributed by atoms with Crippen molar-refractivity contribution in [1.29, 1.82) is 0 Å². The van der Waals surface area contributed by atoms with Crippen molar-refractivity contribution in [2.24, 2.45) is 0 Å². The lowest BCUT2D eigenvalue weighted by Crippen LogP contribution is -1.90. The topological polar surface area (TPSA) is 13.1 Å². The minimum Gasteiger partial charge on any atom is -0.456 e. The lowest BCUT2D eigenvalue weighted by Gasteiger charge is -2.17. The summed E-state index contributed by atoms with van der Waals surface area (Å²) in [5.41, 5.74) is -5.67. The Balaban J connectivity index is 1.39. The highest BCUT2D eigenvalue weighted by Gasteiger charge is 2.18. The van der Waals surface area contributed by atoms with E-state index in [1.165, 1.54) is 0 Å². The van der Waals surface area contributed by atoms with E-state index in [1.807, 2.05) is 0 Å². The molecule has 0 saturated carbocycles. The molecule has 0 N–H and O–H groups in total. The van der Waals surface area contributed by atoms with Gasteiger partial charge in [-0.25, -0.2) is 0 Å². The Labute approximate surface area is 311 Å². The fourth-order valence-corrected chi connectivity index (χ4v) is 5.67. The zero-order valence-electron chi connectivity index (χ0n) is 51.4. The first kappa shape index (κ1) is 10.7. The molecule has 218 valence electrons. The van der Waals surface area contributed by atoms with E-state index in [0.717, 1.165) is 0 Å². The highest BCUT2D eigenvalue weighted by molar-refractivity contribution is 6.22.